The number of guanidine groups is 1. The summed E-state index contributed by atoms with van der Waals surface area (Å²) in [5.41, 5.74) is 8.64. The number of hydrogen-bond acceptors (Lipinski definition) is 4. The van der Waals surface area contributed by atoms with Gasteiger partial charge in [0.25, 0.3) is 0 Å². The molecule has 2 heterocycles. The maximum Gasteiger partial charge on any atom is 0.231 e. The molecule has 0 bridgehead atoms. The molecule has 1 saturated heterocycles. The van der Waals surface area contributed by atoms with Crippen LogP contribution in [-0.2, 0) is 17.6 Å². The number of hydrogen-bond donors (Lipinski definition) is 1. The van der Waals surface area contributed by atoms with Gasteiger partial charge in [0.2, 0.25) is 5.91 Å². The first kappa shape index (κ1) is 16.6. The van der Waals surface area contributed by atoms with Crippen molar-refractivity contribution >= 4 is 11.9 Å². The standard InChI is InChI=1S/C20H28N4O/c1-20(12-18(25)23(2)19(21)22-20)16-8-5-9-24(13-16)17-10-14-6-3-4-7-15(14)11-17/h3-4,6-7,16-17H,5,8-13H2,1-2H3,(H2,21,22)/t16?,20-/m0/s1. The molecule has 1 aromatic rings. The second-order valence-corrected chi connectivity index (χ2v) is 8.12. The highest BCUT2D eigenvalue weighted by Crippen LogP contribution is 2.37. The van der Waals surface area contributed by atoms with Crippen LogP contribution in [0.4, 0.5) is 0 Å². The molecule has 134 valence electrons. The lowest BCUT2D eigenvalue weighted by Gasteiger charge is -2.45. The highest BCUT2D eigenvalue weighted by Gasteiger charge is 2.43. The summed E-state index contributed by atoms with van der Waals surface area (Å²) in [5, 5.41) is 0. The van der Waals surface area contributed by atoms with E-state index in [1.54, 1.807) is 7.05 Å². The summed E-state index contributed by atoms with van der Waals surface area (Å²) in [7, 11) is 1.71. The van der Waals surface area contributed by atoms with E-state index < -0.39 is 0 Å². The molecule has 0 spiro atoms. The molecule has 3 aliphatic rings. The fourth-order valence-corrected chi connectivity index (χ4v) is 4.80. The summed E-state index contributed by atoms with van der Waals surface area (Å²) in [4.78, 5) is 21.2. The zero-order chi connectivity index (χ0) is 17.6. The third kappa shape index (κ3) is 2.95. The summed E-state index contributed by atoms with van der Waals surface area (Å²) in [6, 6.07) is 9.40. The molecule has 1 fully saturated rings. The van der Waals surface area contributed by atoms with Crippen molar-refractivity contribution in [2.75, 3.05) is 20.1 Å². The minimum atomic E-state index is -0.363. The van der Waals surface area contributed by atoms with E-state index in [0.29, 0.717) is 24.3 Å². The first-order chi connectivity index (χ1) is 12.0. The molecule has 1 unspecified atom stereocenters. The van der Waals surface area contributed by atoms with Gasteiger partial charge in [-0.25, -0.2) is 4.99 Å². The molecule has 0 radical (unpaired) electrons. The quantitative estimate of drug-likeness (QED) is 0.893. The Hall–Kier alpha value is -1.88. The van der Waals surface area contributed by atoms with Crippen molar-refractivity contribution in [2.45, 2.75) is 50.6 Å². The van der Waals surface area contributed by atoms with Crippen LogP contribution in [0.15, 0.2) is 29.3 Å². The van der Waals surface area contributed by atoms with Crippen LogP contribution in [0.3, 0.4) is 0 Å². The van der Waals surface area contributed by atoms with E-state index in [-0.39, 0.29) is 11.4 Å². The number of amides is 1. The molecule has 2 atom stereocenters. The Labute approximate surface area is 149 Å². The van der Waals surface area contributed by atoms with Gasteiger partial charge in [0.1, 0.15) is 0 Å². The fraction of sp³-hybridized carbons (Fsp3) is 0.600. The van der Waals surface area contributed by atoms with Crippen molar-refractivity contribution < 1.29 is 4.79 Å². The lowest BCUT2D eigenvalue weighted by molar-refractivity contribution is -0.129. The van der Waals surface area contributed by atoms with Crippen molar-refractivity contribution in [1.82, 2.24) is 9.80 Å². The van der Waals surface area contributed by atoms with Crippen LogP contribution in [0.2, 0.25) is 0 Å². The Morgan fingerprint density at radius 1 is 1.24 bits per heavy atom. The third-order valence-corrected chi connectivity index (χ3v) is 6.47. The van der Waals surface area contributed by atoms with Gasteiger partial charge in [-0.15, -0.1) is 0 Å². The van der Waals surface area contributed by atoms with Gasteiger partial charge in [-0.3, -0.25) is 14.6 Å². The van der Waals surface area contributed by atoms with Crippen molar-refractivity contribution in [3.8, 4) is 0 Å². The average Bonchev–Trinajstić information content (AvgIpc) is 3.04. The van der Waals surface area contributed by atoms with Gasteiger partial charge >= 0.3 is 0 Å². The Morgan fingerprint density at radius 2 is 1.92 bits per heavy atom. The van der Waals surface area contributed by atoms with Crippen LogP contribution in [-0.4, -0.2) is 53.4 Å². The van der Waals surface area contributed by atoms with Crippen LogP contribution < -0.4 is 5.73 Å². The van der Waals surface area contributed by atoms with E-state index in [2.05, 4.69) is 36.1 Å². The van der Waals surface area contributed by atoms with E-state index in [1.165, 1.54) is 22.4 Å². The molecule has 4 rings (SSSR count). The van der Waals surface area contributed by atoms with E-state index in [4.69, 9.17) is 10.7 Å². The van der Waals surface area contributed by atoms with Gasteiger partial charge < -0.3 is 5.73 Å². The smallest absolute Gasteiger partial charge is 0.231 e. The van der Waals surface area contributed by atoms with E-state index in [1.807, 2.05) is 0 Å². The number of nitrogens with zero attached hydrogens (tertiary/aromatic N) is 3. The van der Waals surface area contributed by atoms with Crippen LogP contribution in [0.1, 0.15) is 37.3 Å². The second-order valence-electron chi connectivity index (χ2n) is 8.12. The number of carbonyl (C=O) groups excluding carboxylic acids is 1. The molecular weight excluding hydrogens is 312 g/mol. The lowest BCUT2D eigenvalue weighted by Crippen LogP contribution is -2.55. The number of carbonyl (C=O) groups is 1. The zero-order valence-corrected chi connectivity index (χ0v) is 15.2. The summed E-state index contributed by atoms with van der Waals surface area (Å²) >= 11 is 0. The molecule has 1 aromatic carbocycles. The number of benzene rings is 1. The predicted octanol–water partition coefficient (Wildman–Crippen LogP) is 1.80. The number of fused-ring (bicyclic) bond motifs is 1. The summed E-state index contributed by atoms with van der Waals surface area (Å²) in [6.45, 7) is 4.28. The molecule has 5 heteroatoms. The number of aliphatic imine (C=N–C) groups is 1. The van der Waals surface area contributed by atoms with Crippen LogP contribution in [0, 0.1) is 5.92 Å². The molecule has 5 nitrogen and oxygen atoms in total. The Kier molecular flexibility index (Phi) is 4.07. The van der Waals surface area contributed by atoms with Gasteiger partial charge in [-0.05, 0) is 56.2 Å². The van der Waals surface area contributed by atoms with Gasteiger partial charge in [0.05, 0.1) is 12.0 Å². The molecule has 25 heavy (non-hydrogen) atoms. The van der Waals surface area contributed by atoms with Crippen molar-refractivity contribution in [1.29, 1.82) is 0 Å². The second kappa shape index (κ2) is 6.13. The topological polar surface area (TPSA) is 61.9 Å². The van der Waals surface area contributed by atoms with Crippen LogP contribution >= 0.6 is 0 Å². The molecule has 0 aromatic heterocycles. The number of piperidine rings is 1. The number of rotatable bonds is 2. The van der Waals surface area contributed by atoms with Crippen LogP contribution in [0.25, 0.3) is 0 Å². The predicted molar refractivity (Wildman–Crippen MR) is 99.3 cm³/mol. The monoisotopic (exact) mass is 340 g/mol. The Bertz CT molecular complexity index is 690. The molecule has 2 N–H and O–H groups in total. The van der Waals surface area contributed by atoms with Gasteiger partial charge in [0.15, 0.2) is 5.96 Å². The molecule has 1 aliphatic carbocycles. The van der Waals surface area contributed by atoms with Gasteiger partial charge in [0, 0.05) is 19.6 Å². The first-order valence-electron chi connectivity index (χ1n) is 9.39. The van der Waals surface area contributed by atoms with Gasteiger partial charge in [-0.2, -0.15) is 0 Å². The number of likely N-dealkylation sites (tertiary alicyclic amines) is 1. The summed E-state index contributed by atoms with van der Waals surface area (Å²) < 4.78 is 0. The van der Waals surface area contributed by atoms with Crippen LogP contribution in [0.5, 0.6) is 0 Å². The highest BCUT2D eigenvalue weighted by molar-refractivity contribution is 5.98. The normalized spacial score (nSPS) is 31.1. The minimum Gasteiger partial charge on any atom is -0.369 e. The van der Waals surface area contributed by atoms with Crippen molar-refractivity contribution in [3.05, 3.63) is 35.4 Å². The van der Waals surface area contributed by atoms with Crippen molar-refractivity contribution in [2.24, 2.45) is 16.6 Å². The minimum absolute atomic E-state index is 0.0837. The third-order valence-electron chi connectivity index (χ3n) is 6.47. The van der Waals surface area contributed by atoms with E-state index in [9.17, 15) is 4.79 Å². The average molecular weight is 340 g/mol. The summed E-state index contributed by atoms with van der Waals surface area (Å²) in [5.74, 6) is 0.839. The number of nitrogens with two attached hydrogens (primary N) is 1. The Balaban J connectivity index is 1.50. The van der Waals surface area contributed by atoms with Gasteiger partial charge in [-0.1, -0.05) is 24.3 Å². The Morgan fingerprint density at radius 3 is 2.56 bits per heavy atom. The molecule has 1 amide bonds. The van der Waals surface area contributed by atoms with E-state index >= 15 is 0 Å². The molecular formula is C20H28N4O. The summed E-state index contributed by atoms with van der Waals surface area (Å²) in [6.07, 6.45) is 5.06. The molecule has 2 aliphatic heterocycles. The zero-order valence-electron chi connectivity index (χ0n) is 15.2. The maximum absolute atomic E-state index is 12.3. The SMILES string of the molecule is CN1C(=O)C[C@@](C)(C2CCCN(C3Cc4ccccc4C3)C2)N=C1N. The van der Waals surface area contributed by atoms with E-state index in [0.717, 1.165) is 32.4 Å². The highest BCUT2D eigenvalue weighted by atomic mass is 16.2. The maximum atomic E-state index is 12.3. The van der Waals surface area contributed by atoms with Crippen molar-refractivity contribution in [3.63, 3.8) is 0 Å². The lowest BCUT2D eigenvalue weighted by atomic mass is 9.77. The molecule has 0 saturated carbocycles. The first-order valence-corrected chi connectivity index (χ1v) is 9.39. The largest absolute Gasteiger partial charge is 0.369 e. The fourth-order valence-electron chi connectivity index (χ4n) is 4.80.